The van der Waals surface area contributed by atoms with E-state index in [0.717, 1.165) is 43.3 Å². The van der Waals surface area contributed by atoms with Crippen molar-refractivity contribution < 1.29 is 15.0 Å². The molecule has 0 aliphatic heterocycles. The largest absolute Gasteiger partial charge is 0.393 e. The number of nitrogens with one attached hydrogen (secondary N) is 1. The molecule has 4 aliphatic rings. The van der Waals surface area contributed by atoms with Gasteiger partial charge < -0.3 is 21.3 Å². The highest BCUT2D eigenvalue weighted by atomic mass is 16.3. The van der Waals surface area contributed by atoms with Crippen molar-refractivity contribution in [2.75, 3.05) is 12.4 Å². The topological polar surface area (TPSA) is 108 Å². The lowest BCUT2D eigenvalue weighted by molar-refractivity contribution is -0.114. The molecule has 32 heavy (non-hydrogen) atoms. The molecule has 5 rings (SSSR count). The second-order valence-electron chi connectivity index (χ2n) is 9.70. The normalized spacial score (nSPS) is 35.4. The number of hydrogen-bond acceptors (Lipinski definition) is 5. The Hall–Kier alpha value is -2.28. The van der Waals surface area contributed by atoms with Crippen LogP contribution in [0.2, 0.25) is 0 Å². The number of aromatic nitrogens is 1. The first-order chi connectivity index (χ1) is 15.4. The number of aliphatic hydroxyl groups excluding tert-OH is 1. The number of amides is 1. The molecule has 0 radical (unpaired) electrons. The zero-order valence-corrected chi connectivity index (χ0v) is 19.1. The number of aliphatic hydroxyl groups is 2. The lowest BCUT2D eigenvalue weighted by Crippen LogP contribution is -2.49. The van der Waals surface area contributed by atoms with E-state index in [2.05, 4.69) is 35.1 Å². The fourth-order valence-electron chi connectivity index (χ4n) is 6.30. The molecule has 1 fully saturated rings. The molecule has 0 bridgehead atoms. The van der Waals surface area contributed by atoms with Crippen molar-refractivity contribution in [2.24, 2.45) is 23.0 Å². The van der Waals surface area contributed by atoms with Crippen molar-refractivity contribution >= 4 is 11.6 Å². The summed E-state index contributed by atoms with van der Waals surface area (Å²) in [6.07, 6.45) is 15.1. The molecule has 6 nitrogen and oxygen atoms in total. The first kappa shape index (κ1) is 22.9. The highest BCUT2D eigenvalue weighted by Crippen LogP contribution is 2.59. The Kier molecular flexibility index (Phi) is 6.39. The monoisotopic (exact) mass is 437 g/mol. The zero-order valence-electron chi connectivity index (χ0n) is 19.1. The van der Waals surface area contributed by atoms with Crippen LogP contribution in [-0.2, 0) is 4.79 Å². The van der Waals surface area contributed by atoms with E-state index < -0.39 is 11.0 Å². The van der Waals surface area contributed by atoms with E-state index in [9.17, 15) is 15.0 Å². The van der Waals surface area contributed by atoms with Crippen molar-refractivity contribution in [3.8, 4) is 0 Å². The average Bonchev–Trinajstić information content (AvgIpc) is 3.08. The molecule has 4 unspecified atom stereocenters. The van der Waals surface area contributed by atoms with Crippen LogP contribution in [0.3, 0.4) is 0 Å². The van der Waals surface area contributed by atoms with Gasteiger partial charge in [0.2, 0.25) is 0 Å². The first-order valence-electron chi connectivity index (χ1n) is 11.7. The van der Waals surface area contributed by atoms with Gasteiger partial charge in [0.1, 0.15) is 0 Å². The predicted octanol–water partition coefficient (Wildman–Crippen LogP) is 3.49. The van der Waals surface area contributed by atoms with Crippen LogP contribution >= 0.6 is 0 Å². The van der Waals surface area contributed by atoms with E-state index in [1.54, 1.807) is 18.5 Å². The fourth-order valence-corrected chi connectivity index (χ4v) is 6.30. The fraction of sp³-hybridized carbons (Fsp3) is 0.538. The molecule has 0 spiro atoms. The molecular formula is C26H35N3O3. The standard InChI is InChI=1S/C25H30N2O3.CH5N/c1-24-10-9-18-13-17-14-20(28)5-4-16(17)8-11-25(18,30)22(24)7-6-21(24)23(29)27-19-3-2-12-26-15-19;1-2/h2-3,6,9,12-13,15-16,20,22,28,30H,4-5,7-8,10-11,14H2,1H3,(H,27,29);2H2,1H3/t16?,20?,22?,24?,25-;/m1./s1. The summed E-state index contributed by atoms with van der Waals surface area (Å²) in [5.74, 6) is 0.344. The third-order valence-electron chi connectivity index (χ3n) is 7.99. The second-order valence-corrected chi connectivity index (χ2v) is 9.70. The van der Waals surface area contributed by atoms with Crippen LogP contribution < -0.4 is 11.1 Å². The van der Waals surface area contributed by atoms with E-state index >= 15 is 0 Å². The van der Waals surface area contributed by atoms with Gasteiger partial charge in [0.15, 0.2) is 0 Å². The zero-order chi connectivity index (χ0) is 22.9. The molecule has 0 saturated heterocycles. The maximum absolute atomic E-state index is 13.1. The summed E-state index contributed by atoms with van der Waals surface area (Å²) < 4.78 is 0. The Morgan fingerprint density at radius 1 is 1.25 bits per heavy atom. The van der Waals surface area contributed by atoms with Crippen LogP contribution in [0.15, 0.2) is 59.5 Å². The third kappa shape index (κ3) is 3.85. The van der Waals surface area contributed by atoms with Crippen molar-refractivity contribution in [1.29, 1.82) is 0 Å². The maximum atomic E-state index is 13.1. The number of nitrogens with zero attached hydrogens (tertiary/aromatic N) is 1. The number of rotatable bonds is 2. The van der Waals surface area contributed by atoms with Crippen LogP contribution in [0.4, 0.5) is 5.69 Å². The minimum Gasteiger partial charge on any atom is -0.393 e. The number of nitrogens with two attached hydrogens (primary N) is 1. The van der Waals surface area contributed by atoms with Crippen LogP contribution in [-0.4, -0.2) is 39.9 Å². The van der Waals surface area contributed by atoms with Gasteiger partial charge in [-0.3, -0.25) is 9.78 Å². The van der Waals surface area contributed by atoms with Gasteiger partial charge in [0, 0.05) is 23.1 Å². The number of allylic oxidation sites excluding steroid dienone is 2. The summed E-state index contributed by atoms with van der Waals surface area (Å²) in [5.41, 5.74) is 6.93. The number of fused-ring (bicyclic) bond motifs is 4. The van der Waals surface area contributed by atoms with E-state index in [4.69, 9.17) is 0 Å². The Labute approximate surface area is 190 Å². The molecule has 1 aromatic rings. The highest BCUT2D eigenvalue weighted by Gasteiger charge is 2.56. The minimum absolute atomic E-state index is 0.0124. The average molecular weight is 438 g/mol. The number of hydrogen-bond donors (Lipinski definition) is 4. The van der Waals surface area contributed by atoms with Crippen LogP contribution in [0, 0.1) is 17.3 Å². The minimum atomic E-state index is -0.922. The smallest absolute Gasteiger partial charge is 0.251 e. The summed E-state index contributed by atoms with van der Waals surface area (Å²) in [5, 5.41) is 25.1. The molecule has 1 saturated carbocycles. The first-order valence-corrected chi connectivity index (χ1v) is 11.7. The predicted molar refractivity (Wildman–Crippen MR) is 126 cm³/mol. The van der Waals surface area contributed by atoms with Gasteiger partial charge in [0.05, 0.1) is 23.6 Å². The molecular weight excluding hydrogens is 402 g/mol. The summed E-state index contributed by atoms with van der Waals surface area (Å²) >= 11 is 0. The number of pyridine rings is 1. The molecule has 1 aromatic heterocycles. The van der Waals surface area contributed by atoms with Crippen molar-refractivity contribution in [3.05, 3.63) is 59.5 Å². The van der Waals surface area contributed by atoms with Gasteiger partial charge >= 0.3 is 0 Å². The van der Waals surface area contributed by atoms with Gasteiger partial charge in [-0.1, -0.05) is 30.7 Å². The van der Waals surface area contributed by atoms with Crippen molar-refractivity contribution in [1.82, 2.24) is 4.98 Å². The highest BCUT2D eigenvalue weighted by molar-refractivity contribution is 6.05. The lowest BCUT2D eigenvalue weighted by atomic mass is 9.59. The number of carbonyl (C=O) groups excluding carboxylic acids is 1. The summed E-state index contributed by atoms with van der Waals surface area (Å²) in [6, 6.07) is 3.64. The molecule has 1 amide bonds. The quantitative estimate of drug-likeness (QED) is 0.566. The Morgan fingerprint density at radius 2 is 2.06 bits per heavy atom. The van der Waals surface area contributed by atoms with Gasteiger partial charge in [0.25, 0.3) is 5.91 Å². The molecule has 4 aliphatic carbocycles. The van der Waals surface area contributed by atoms with Gasteiger partial charge in [-0.15, -0.1) is 0 Å². The van der Waals surface area contributed by atoms with Gasteiger partial charge in [-0.05, 0) is 75.6 Å². The summed E-state index contributed by atoms with van der Waals surface area (Å²) in [7, 11) is 1.50. The van der Waals surface area contributed by atoms with Crippen LogP contribution in [0.1, 0.15) is 51.9 Å². The van der Waals surface area contributed by atoms with E-state index in [0.29, 0.717) is 24.4 Å². The molecule has 6 heteroatoms. The van der Waals surface area contributed by atoms with E-state index in [1.807, 2.05) is 12.1 Å². The number of anilines is 1. The Morgan fingerprint density at radius 3 is 2.81 bits per heavy atom. The molecule has 172 valence electrons. The SMILES string of the molecule is CC12CC=C3C=C4CC(O)CCC4CC[C@]3(O)C1CC=C2C(=O)Nc1cccnc1.CN. The van der Waals surface area contributed by atoms with Crippen LogP contribution in [0.5, 0.6) is 0 Å². The Bertz CT molecular complexity index is 954. The maximum Gasteiger partial charge on any atom is 0.251 e. The van der Waals surface area contributed by atoms with E-state index in [1.165, 1.54) is 12.6 Å². The molecule has 5 atom stereocenters. The Balaban J connectivity index is 0.00000119. The summed E-state index contributed by atoms with van der Waals surface area (Å²) in [6.45, 7) is 2.12. The molecule has 5 N–H and O–H groups in total. The number of carbonyl (C=O) groups is 1. The summed E-state index contributed by atoms with van der Waals surface area (Å²) in [4.78, 5) is 17.2. The van der Waals surface area contributed by atoms with Gasteiger partial charge in [-0.2, -0.15) is 0 Å². The van der Waals surface area contributed by atoms with Crippen molar-refractivity contribution in [3.63, 3.8) is 0 Å². The van der Waals surface area contributed by atoms with Crippen LogP contribution in [0.25, 0.3) is 0 Å². The van der Waals surface area contributed by atoms with Gasteiger partial charge in [-0.25, -0.2) is 0 Å². The third-order valence-corrected chi connectivity index (χ3v) is 7.99. The lowest BCUT2D eigenvalue weighted by Gasteiger charge is -2.48. The molecule has 1 heterocycles. The molecule has 0 aromatic carbocycles. The second kappa shape index (κ2) is 8.93. The van der Waals surface area contributed by atoms with Crippen molar-refractivity contribution in [2.45, 2.75) is 63.6 Å². The van der Waals surface area contributed by atoms with E-state index in [-0.39, 0.29) is 17.9 Å².